The van der Waals surface area contributed by atoms with Crippen molar-refractivity contribution in [3.05, 3.63) is 0 Å². The van der Waals surface area contributed by atoms with Crippen LogP contribution < -0.4 is 0 Å². The Kier molecular flexibility index (Phi) is 0.946. The summed E-state index contributed by atoms with van der Waals surface area (Å²) in [5, 5.41) is 18.4. The van der Waals surface area contributed by atoms with E-state index in [1.807, 2.05) is 0 Å². The summed E-state index contributed by atoms with van der Waals surface area (Å²) >= 11 is 0. The van der Waals surface area contributed by atoms with Crippen molar-refractivity contribution >= 4 is 0 Å². The third-order valence-corrected chi connectivity index (χ3v) is 1.86. The minimum Gasteiger partial charge on any atom is -0.387 e. The first-order chi connectivity index (χ1) is 3.46. The zero-order valence-electron chi connectivity index (χ0n) is 5.31. The van der Waals surface area contributed by atoms with E-state index < -0.39 is 11.2 Å². The van der Waals surface area contributed by atoms with Crippen LogP contribution in [0.5, 0.6) is 0 Å². The summed E-state index contributed by atoms with van der Waals surface area (Å²) in [6.07, 6.45) is 1.49. The van der Waals surface area contributed by atoms with Gasteiger partial charge in [0.15, 0.2) is 0 Å². The molecular weight excluding hydrogens is 104 g/mol. The molecule has 2 N–H and O–H groups in total. The van der Waals surface area contributed by atoms with Crippen LogP contribution in [0.2, 0.25) is 0 Å². The molecule has 0 aliphatic heterocycles. The molecule has 0 atom stereocenters. The van der Waals surface area contributed by atoms with Crippen molar-refractivity contribution in [3.63, 3.8) is 0 Å². The van der Waals surface area contributed by atoms with Gasteiger partial charge in [0.25, 0.3) is 0 Å². The third kappa shape index (κ3) is 0.740. The fourth-order valence-corrected chi connectivity index (χ4v) is 0.730. The highest BCUT2D eigenvalue weighted by molar-refractivity contribution is 5.05. The molecular formula is C6H12O2. The highest BCUT2D eigenvalue weighted by Crippen LogP contribution is 2.44. The molecule has 0 unspecified atom stereocenters. The molecule has 0 heterocycles. The van der Waals surface area contributed by atoms with E-state index in [4.69, 9.17) is 5.11 Å². The Labute approximate surface area is 49.1 Å². The second-order valence-electron chi connectivity index (χ2n) is 3.09. The second kappa shape index (κ2) is 1.25. The molecule has 0 saturated heterocycles. The summed E-state index contributed by atoms with van der Waals surface area (Å²) in [6.45, 7) is 3.28. The Morgan fingerprint density at radius 1 is 1.38 bits per heavy atom. The highest BCUT2D eigenvalue weighted by atomic mass is 16.4. The van der Waals surface area contributed by atoms with E-state index in [0.717, 1.165) is 12.8 Å². The largest absolute Gasteiger partial charge is 0.387 e. The van der Waals surface area contributed by atoms with Crippen LogP contribution in [0.1, 0.15) is 26.7 Å². The molecule has 1 aliphatic carbocycles. The fraction of sp³-hybridized carbons (Fsp3) is 1.00. The van der Waals surface area contributed by atoms with E-state index in [1.54, 1.807) is 13.8 Å². The van der Waals surface area contributed by atoms with Crippen LogP contribution in [0.15, 0.2) is 0 Å². The van der Waals surface area contributed by atoms with Gasteiger partial charge >= 0.3 is 0 Å². The molecule has 0 aromatic heterocycles. The van der Waals surface area contributed by atoms with Crippen molar-refractivity contribution in [2.24, 2.45) is 0 Å². The zero-order chi connectivity index (χ0) is 6.41. The average Bonchev–Trinajstić information content (AvgIpc) is 2.16. The normalized spacial score (nSPS) is 25.5. The summed E-state index contributed by atoms with van der Waals surface area (Å²) in [7, 11) is 0. The molecule has 0 amide bonds. The topological polar surface area (TPSA) is 40.5 Å². The van der Waals surface area contributed by atoms with Gasteiger partial charge in [0.05, 0.1) is 11.2 Å². The molecule has 2 nitrogen and oxygen atoms in total. The lowest BCUT2D eigenvalue weighted by atomic mass is 10.0. The van der Waals surface area contributed by atoms with Crippen molar-refractivity contribution < 1.29 is 10.2 Å². The molecule has 1 rings (SSSR count). The molecule has 1 saturated carbocycles. The van der Waals surface area contributed by atoms with Crippen molar-refractivity contribution in [1.82, 2.24) is 0 Å². The number of rotatable bonds is 1. The predicted molar refractivity (Wildman–Crippen MR) is 30.5 cm³/mol. The average molecular weight is 116 g/mol. The van der Waals surface area contributed by atoms with E-state index in [2.05, 4.69) is 0 Å². The zero-order valence-corrected chi connectivity index (χ0v) is 5.31. The van der Waals surface area contributed by atoms with Gasteiger partial charge in [-0.1, -0.05) is 0 Å². The predicted octanol–water partition coefficient (Wildman–Crippen LogP) is 0.282. The molecule has 1 aliphatic rings. The van der Waals surface area contributed by atoms with Gasteiger partial charge in [-0.15, -0.1) is 0 Å². The second-order valence-corrected chi connectivity index (χ2v) is 3.09. The van der Waals surface area contributed by atoms with Crippen LogP contribution >= 0.6 is 0 Å². The Morgan fingerprint density at radius 2 is 1.75 bits per heavy atom. The molecule has 0 aromatic rings. The number of hydrogen-bond acceptors (Lipinski definition) is 2. The van der Waals surface area contributed by atoms with Gasteiger partial charge in [-0.3, -0.25) is 0 Å². The molecule has 8 heavy (non-hydrogen) atoms. The third-order valence-electron chi connectivity index (χ3n) is 1.86. The first-order valence-corrected chi connectivity index (χ1v) is 2.90. The Hall–Kier alpha value is -0.0800. The van der Waals surface area contributed by atoms with Crippen LogP contribution in [-0.4, -0.2) is 21.4 Å². The Bertz CT molecular complexity index is 94.3. The monoisotopic (exact) mass is 116 g/mol. The summed E-state index contributed by atoms with van der Waals surface area (Å²) < 4.78 is 0. The number of aliphatic hydroxyl groups is 2. The van der Waals surface area contributed by atoms with Crippen molar-refractivity contribution in [2.45, 2.75) is 37.9 Å². The van der Waals surface area contributed by atoms with Gasteiger partial charge in [-0.2, -0.15) is 0 Å². The minimum atomic E-state index is -0.896. The van der Waals surface area contributed by atoms with Crippen LogP contribution in [0, 0.1) is 0 Å². The summed E-state index contributed by atoms with van der Waals surface area (Å²) in [5.74, 6) is 0. The SMILES string of the molecule is CC(C)(O)C1(O)CC1. The standard InChI is InChI=1S/C6H12O2/c1-5(2,7)6(8)3-4-6/h7-8H,3-4H2,1-2H3. The van der Waals surface area contributed by atoms with Crippen LogP contribution in [0.3, 0.4) is 0 Å². The van der Waals surface area contributed by atoms with E-state index >= 15 is 0 Å². The maximum absolute atomic E-state index is 9.22. The van der Waals surface area contributed by atoms with Gasteiger partial charge in [0.2, 0.25) is 0 Å². The highest BCUT2D eigenvalue weighted by Gasteiger charge is 2.52. The molecule has 0 radical (unpaired) electrons. The maximum Gasteiger partial charge on any atom is 0.0930 e. The van der Waals surface area contributed by atoms with Gasteiger partial charge in [0, 0.05) is 0 Å². The summed E-state index contributed by atoms with van der Waals surface area (Å²) in [4.78, 5) is 0. The van der Waals surface area contributed by atoms with Crippen LogP contribution in [0.25, 0.3) is 0 Å². The maximum atomic E-state index is 9.22. The molecule has 0 spiro atoms. The quantitative estimate of drug-likeness (QED) is 0.516. The van der Waals surface area contributed by atoms with Crippen molar-refractivity contribution in [2.75, 3.05) is 0 Å². The van der Waals surface area contributed by atoms with E-state index in [1.165, 1.54) is 0 Å². The molecule has 1 fully saturated rings. The Balaban J connectivity index is 2.58. The summed E-state index contributed by atoms with van der Waals surface area (Å²) in [5.41, 5.74) is -1.65. The molecule has 48 valence electrons. The molecule has 2 heteroatoms. The Morgan fingerprint density at radius 3 is 1.75 bits per heavy atom. The lowest BCUT2D eigenvalue weighted by Gasteiger charge is -2.23. The lowest BCUT2D eigenvalue weighted by molar-refractivity contribution is -0.0661. The molecule has 0 bridgehead atoms. The first-order valence-electron chi connectivity index (χ1n) is 2.90. The first kappa shape index (κ1) is 6.05. The molecule has 0 aromatic carbocycles. The van der Waals surface area contributed by atoms with Gasteiger partial charge in [-0.25, -0.2) is 0 Å². The van der Waals surface area contributed by atoms with Gasteiger partial charge in [0.1, 0.15) is 0 Å². The smallest absolute Gasteiger partial charge is 0.0930 e. The van der Waals surface area contributed by atoms with E-state index in [0.29, 0.717) is 0 Å². The van der Waals surface area contributed by atoms with Crippen LogP contribution in [0.4, 0.5) is 0 Å². The number of hydrogen-bond donors (Lipinski definition) is 2. The van der Waals surface area contributed by atoms with Crippen molar-refractivity contribution in [1.29, 1.82) is 0 Å². The van der Waals surface area contributed by atoms with Crippen molar-refractivity contribution in [3.8, 4) is 0 Å². The fourth-order valence-electron chi connectivity index (χ4n) is 0.730. The van der Waals surface area contributed by atoms with Gasteiger partial charge in [-0.05, 0) is 26.7 Å². The minimum absolute atomic E-state index is 0.747. The summed E-state index contributed by atoms with van der Waals surface area (Å²) in [6, 6.07) is 0. The van der Waals surface area contributed by atoms with E-state index in [-0.39, 0.29) is 0 Å². The van der Waals surface area contributed by atoms with E-state index in [9.17, 15) is 5.11 Å². The van der Waals surface area contributed by atoms with Crippen LogP contribution in [-0.2, 0) is 0 Å². The van der Waals surface area contributed by atoms with Gasteiger partial charge < -0.3 is 10.2 Å². The lowest BCUT2D eigenvalue weighted by Crippen LogP contribution is -2.37.